The van der Waals surface area contributed by atoms with Crippen molar-refractivity contribution in [3.05, 3.63) is 11.9 Å². The maximum Gasteiger partial charge on any atom is 0.410 e. The second kappa shape index (κ2) is 5.25. The van der Waals surface area contributed by atoms with E-state index < -0.39 is 11.2 Å². The Morgan fingerprint density at radius 3 is 2.61 bits per heavy atom. The molecular formula is C16H23N3O4. The molecule has 7 heteroatoms. The Labute approximate surface area is 135 Å². The van der Waals surface area contributed by atoms with Gasteiger partial charge in [0.1, 0.15) is 11.2 Å². The second-order valence-electron chi connectivity index (χ2n) is 7.37. The molecule has 0 aromatic carbocycles. The highest BCUT2D eigenvalue weighted by atomic mass is 16.6. The fourth-order valence-corrected chi connectivity index (χ4v) is 3.08. The molecule has 0 atom stereocenters. The number of rotatable bonds is 0. The number of ether oxygens (including phenoxy) is 2. The van der Waals surface area contributed by atoms with Crippen LogP contribution in [0.2, 0.25) is 0 Å². The van der Waals surface area contributed by atoms with Gasteiger partial charge in [-0.1, -0.05) is 0 Å². The third-order valence-electron chi connectivity index (χ3n) is 4.19. The summed E-state index contributed by atoms with van der Waals surface area (Å²) in [5, 5.41) is 4.15. The van der Waals surface area contributed by atoms with Crippen LogP contribution in [-0.2, 0) is 11.8 Å². The van der Waals surface area contributed by atoms with Gasteiger partial charge in [0, 0.05) is 33.0 Å². The van der Waals surface area contributed by atoms with Crippen molar-refractivity contribution in [2.75, 3.05) is 13.1 Å². The van der Waals surface area contributed by atoms with Crippen LogP contribution < -0.4 is 4.74 Å². The van der Waals surface area contributed by atoms with Gasteiger partial charge in [-0.2, -0.15) is 5.10 Å². The van der Waals surface area contributed by atoms with Gasteiger partial charge in [-0.25, -0.2) is 4.79 Å². The Morgan fingerprint density at radius 1 is 1.35 bits per heavy atom. The first-order valence-corrected chi connectivity index (χ1v) is 7.91. The third-order valence-corrected chi connectivity index (χ3v) is 4.19. The van der Waals surface area contributed by atoms with E-state index in [1.165, 1.54) is 0 Å². The molecule has 0 N–H and O–H groups in total. The topological polar surface area (TPSA) is 73.7 Å². The normalized spacial score (nSPS) is 20.2. The minimum atomic E-state index is -0.522. The van der Waals surface area contributed by atoms with Gasteiger partial charge in [0.2, 0.25) is 0 Å². The zero-order valence-electron chi connectivity index (χ0n) is 14.1. The minimum Gasteiger partial charge on any atom is -0.483 e. The van der Waals surface area contributed by atoms with Crippen LogP contribution in [0, 0.1) is 0 Å². The van der Waals surface area contributed by atoms with Crippen LogP contribution in [-0.4, -0.2) is 50.8 Å². The van der Waals surface area contributed by atoms with Crippen LogP contribution >= 0.6 is 0 Å². The van der Waals surface area contributed by atoms with E-state index in [-0.39, 0.29) is 11.9 Å². The summed E-state index contributed by atoms with van der Waals surface area (Å²) in [6, 6.07) is 0. The number of carbonyl (C=O) groups excluding carboxylic acids is 2. The van der Waals surface area contributed by atoms with Crippen LogP contribution in [0.25, 0.3) is 0 Å². The van der Waals surface area contributed by atoms with Crippen LogP contribution in [0.5, 0.6) is 5.75 Å². The zero-order chi connectivity index (χ0) is 16.8. The van der Waals surface area contributed by atoms with Gasteiger partial charge in [0.15, 0.2) is 17.2 Å². The summed E-state index contributed by atoms with van der Waals surface area (Å²) in [4.78, 5) is 26.1. The molecule has 126 valence electrons. The molecule has 7 nitrogen and oxygen atoms in total. The molecule has 1 amide bonds. The van der Waals surface area contributed by atoms with Crippen molar-refractivity contribution in [3.8, 4) is 5.75 Å². The molecule has 1 aromatic rings. The maximum atomic E-state index is 12.3. The molecule has 0 saturated carbocycles. The molecular weight excluding hydrogens is 298 g/mol. The minimum absolute atomic E-state index is 0.0116. The van der Waals surface area contributed by atoms with Gasteiger partial charge in [-0.3, -0.25) is 9.48 Å². The van der Waals surface area contributed by atoms with Gasteiger partial charge in [-0.05, 0) is 20.8 Å². The summed E-state index contributed by atoms with van der Waals surface area (Å²) in [6.07, 6.45) is 2.98. The molecule has 1 saturated heterocycles. The lowest BCUT2D eigenvalue weighted by molar-refractivity contribution is -0.0226. The number of amides is 1. The van der Waals surface area contributed by atoms with Gasteiger partial charge in [-0.15, -0.1) is 0 Å². The van der Waals surface area contributed by atoms with E-state index in [1.54, 1.807) is 22.8 Å². The number of fused-ring (bicyclic) bond motifs is 1. The summed E-state index contributed by atoms with van der Waals surface area (Å²) in [5.41, 5.74) is -0.618. The summed E-state index contributed by atoms with van der Waals surface area (Å²) in [7, 11) is 1.77. The van der Waals surface area contributed by atoms with Crippen molar-refractivity contribution < 1.29 is 19.1 Å². The highest BCUT2D eigenvalue weighted by Gasteiger charge is 2.45. The van der Waals surface area contributed by atoms with Crippen LogP contribution in [0.15, 0.2) is 6.20 Å². The summed E-state index contributed by atoms with van der Waals surface area (Å²) in [6.45, 7) is 6.60. The average molecular weight is 321 g/mol. The molecule has 0 radical (unpaired) electrons. The first-order valence-electron chi connectivity index (χ1n) is 7.91. The zero-order valence-corrected chi connectivity index (χ0v) is 14.1. The van der Waals surface area contributed by atoms with Crippen molar-refractivity contribution in [1.82, 2.24) is 14.7 Å². The lowest BCUT2D eigenvalue weighted by Gasteiger charge is -2.43. The molecule has 0 aliphatic carbocycles. The number of carbonyl (C=O) groups is 2. The molecule has 1 fully saturated rings. The van der Waals surface area contributed by atoms with E-state index in [0.29, 0.717) is 43.8 Å². The maximum absolute atomic E-state index is 12.3. The number of hydrogen-bond acceptors (Lipinski definition) is 5. The molecule has 2 aliphatic heterocycles. The van der Waals surface area contributed by atoms with E-state index in [4.69, 9.17) is 9.47 Å². The Kier molecular flexibility index (Phi) is 3.61. The van der Waals surface area contributed by atoms with E-state index in [0.717, 1.165) is 0 Å². The number of hydrogen-bond donors (Lipinski definition) is 0. The molecule has 3 rings (SSSR count). The van der Waals surface area contributed by atoms with Crippen molar-refractivity contribution in [1.29, 1.82) is 0 Å². The lowest BCUT2D eigenvalue weighted by atomic mass is 9.84. The van der Waals surface area contributed by atoms with Crippen molar-refractivity contribution >= 4 is 11.9 Å². The molecule has 2 aliphatic rings. The number of nitrogens with zero attached hydrogens (tertiary/aromatic N) is 3. The fraction of sp³-hybridized carbons (Fsp3) is 0.688. The van der Waals surface area contributed by atoms with E-state index >= 15 is 0 Å². The fourth-order valence-electron chi connectivity index (χ4n) is 3.08. The third kappa shape index (κ3) is 3.18. The first-order chi connectivity index (χ1) is 10.7. The van der Waals surface area contributed by atoms with Gasteiger partial charge < -0.3 is 14.4 Å². The van der Waals surface area contributed by atoms with Crippen LogP contribution in [0.4, 0.5) is 4.79 Å². The molecule has 3 heterocycles. The number of aromatic nitrogens is 2. The van der Waals surface area contributed by atoms with Gasteiger partial charge >= 0.3 is 6.09 Å². The van der Waals surface area contributed by atoms with Crippen molar-refractivity contribution in [3.63, 3.8) is 0 Å². The number of Topliss-reactive ketones (excluding diaryl/α,β-unsaturated/α-hetero) is 1. The standard InChI is InChI=1S/C16H23N3O4/c1-15(2,3)23-14(21)19-7-5-16(6-8-19)9-11(20)13-12(22-16)10-18(4)17-13/h10H,5-9H2,1-4H3. The van der Waals surface area contributed by atoms with E-state index in [9.17, 15) is 9.59 Å². The average Bonchev–Trinajstić information content (AvgIpc) is 2.78. The number of aryl methyl sites for hydroxylation is 1. The van der Waals surface area contributed by atoms with Gasteiger partial charge in [0.05, 0.1) is 12.6 Å². The summed E-state index contributed by atoms with van der Waals surface area (Å²) in [5.74, 6) is 0.562. The number of piperidine rings is 1. The lowest BCUT2D eigenvalue weighted by Crippen LogP contribution is -2.52. The molecule has 1 spiro atoms. The molecule has 0 unspecified atom stereocenters. The Bertz CT molecular complexity index is 636. The predicted octanol–water partition coefficient (Wildman–Crippen LogP) is 2.16. The van der Waals surface area contributed by atoms with E-state index in [1.807, 2.05) is 20.8 Å². The molecule has 0 bridgehead atoms. The van der Waals surface area contributed by atoms with E-state index in [2.05, 4.69) is 5.10 Å². The Hall–Kier alpha value is -2.05. The first kappa shape index (κ1) is 15.8. The van der Waals surface area contributed by atoms with Gasteiger partial charge in [0.25, 0.3) is 0 Å². The van der Waals surface area contributed by atoms with Crippen LogP contribution in [0.1, 0.15) is 50.5 Å². The highest BCUT2D eigenvalue weighted by molar-refractivity contribution is 5.98. The monoisotopic (exact) mass is 321 g/mol. The summed E-state index contributed by atoms with van der Waals surface area (Å²) < 4.78 is 13.1. The highest BCUT2D eigenvalue weighted by Crippen LogP contribution is 2.38. The van der Waals surface area contributed by atoms with Crippen molar-refractivity contribution in [2.24, 2.45) is 7.05 Å². The Morgan fingerprint density at radius 2 is 2.00 bits per heavy atom. The number of ketones is 1. The quantitative estimate of drug-likeness (QED) is 0.732. The largest absolute Gasteiger partial charge is 0.483 e. The molecule has 23 heavy (non-hydrogen) atoms. The molecule has 1 aromatic heterocycles. The SMILES string of the molecule is Cn1cc2c(n1)C(=O)CC1(CCN(C(=O)OC(C)(C)C)CC1)O2. The predicted molar refractivity (Wildman–Crippen MR) is 82.6 cm³/mol. The summed E-state index contributed by atoms with van der Waals surface area (Å²) >= 11 is 0. The van der Waals surface area contributed by atoms with Crippen molar-refractivity contribution in [2.45, 2.75) is 51.2 Å². The smallest absolute Gasteiger partial charge is 0.410 e. The Balaban J connectivity index is 1.67. The second-order valence-corrected chi connectivity index (χ2v) is 7.37. The number of likely N-dealkylation sites (tertiary alicyclic amines) is 1. The van der Waals surface area contributed by atoms with Crippen LogP contribution in [0.3, 0.4) is 0 Å².